The minimum absolute atomic E-state index is 0.0206. The maximum Gasteiger partial charge on any atom is 0.0738 e. The van der Waals surface area contributed by atoms with Crippen molar-refractivity contribution in [3.05, 3.63) is 15.9 Å². The molecule has 120 valence electrons. The van der Waals surface area contributed by atoms with Crippen LogP contribution < -0.4 is 11.3 Å². The van der Waals surface area contributed by atoms with Gasteiger partial charge in [-0.1, -0.05) is 6.42 Å². The van der Waals surface area contributed by atoms with Crippen molar-refractivity contribution in [3.63, 3.8) is 0 Å². The number of nitrogens with zero attached hydrogens (tertiary/aromatic N) is 3. The highest BCUT2D eigenvalue weighted by Gasteiger charge is 2.36. The first-order valence-electron chi connectivity index (χ1n) is 7.77. The van der Waals surface area contributed by atoms with Crippen LogP contribution in [-0.4, -0.2) is 39.4 Å². The molecule has 1 atom stereocenters. The lowest BCUT2D eigenvalue weighted by Gasteiger charge is -2.45. The second-order valence-electron chi connectivity index (χ2n) is 6.59. The number of piperidine rings is 1. The van der Waals surface area contributed by atoms with E-state index in [1.807, 2.05) is 18.7 Å². The number of likely N-dealkylation sites (tertiary alicyclic amines) is 1. The van der Waals surface area contributed by atoms with Crippen LogP contribution in [0, 0.1) is 6.92 Å². The van der Waals surface area contributed by atoms with E-state index in [1.165, 1.54) is 25.0 Å². The summed E-state index contributed by atoms with van der Waals surface area (Å²) in [6.45, 7) is 8.93. The number of aryl methyl sites for hydroxylation is 2. The molecular weight excluding hydrogens is 330 g/mol. The number of rotatable bonds is 5. The molecule has 1 unspecified atom stereocenters. The van der Waals surface area contributed by atoms with E-state index in [4.69, 9.17) is 5.84 Å². The lowest BCUT2D eigenvalue weighted by molar-refractivity contribution is 0.0605. The Morgan fingerprint density at radius 2 is 1.95 bits per heavy atom. The van der Waals surface area contributed by atoms with Crippen LogP contribution in [0.2, 0.25) is 0 Å². The summed E-state index contributed by atoms with van der Waals surface area (Å²) in [5.74, 6) is 5.90. The van der Waals surface area contributed by atoms with E-state index in [1.54, 1.807) is 0 Å². The molecule has 3 N–H and O–H groups in total. The summed E-state index contributed by atoms with van der Waals surface area (Å²) in [5, 5.41) is 4.48. The molecule has 1 aliphatic rings. The summed E-state index contributed by atoms with van der Waals surface area (Å²) in [4.78, 5) is 2.57. The molecule has 0 radical (unpaired) electrons. The lowest BCUT2D eigenvalue weighted by atomic mass is 9.87. The van der Waals surface area contributed by atoms with E-state index in [0.717, 1.165) is 29.7 Å². The molecule has 0 spiro atoms. The molecule has 0 amide bonds. The van der Waals surface area contributed by atoms with Gasteiger partial charge >= 0.3 is 0 Å². The highest BCUT2D eigenvalue weighted by atomic mass is 79.9. The van der Waals surface area contributed by atoms with Gasteiger partial charge in [-0.3, -0.25) is 20.9 Å². The highest BCUT2D eigenvalue weighted by molar-refractivity contribution is 9.10. The molecule has 0 aromatic carbocycles. The van der Waals surface area contributed by atoms with Gasteiger partial charge < -0.3 is 0 Å². The molecule has 2 rings (SSSR count). The normalized spacial score (nSPS) is 19.0. The summed E-state index contributed by atoms with van der Waals surface area (Å²) in [6, 6.07) is 0.182. The van der Waals surface area contributed by atoms with Gasteiger partial charge in [-0.05, 0) is 62.6 Å². The standard InChI is InChI=1S/C15H28BrN5/c1-11-14(16)12(20(4)19-11)10-13(18-17)15(2,3)21-8-6-5-7-9-21/h13,18H,5-10,17H2,1-4H3. The Morgan fingerprint density at radius 1 is 1.33 bits per heavy atom. The monoisotopic (exact) mass is 357 g/mol. The predicted molar refractivity (Wildman–Crippen MR) is 90.0 cm³/mol. The SMILES string of the molecule is Cc1nn(C)c(CC(NN)C(C)(C)N2CCCCC2)c1Br. The van der Waals surface area contributed by atoms with Gasteiger partial charge in [-0.15, -0.1) is 0 Å². The molecule has 0 saturated carbocycles. The molecule has 1 saturated heterocycles. The zero-order chi connectivity index (χ0) is 15.6. The first kappa shape index (κ1) is 16.9. The topological polar surface area (TPSA) is 59.1 Å². The number of hydrazine groups is 1. The van der Waals surface area contributed by atoms with Gasteiger partial charge in [0.15, 0.2) is 0 Å². The summed E-state index contributed by atoms with van der Waals surface area (Å²) in [6.07, 6.45) is 4.78. The Kier molecular flexibility index (Phi) is 5.46. The zero-order valence-electron chi connectivity index (χ0n) is 13.6. The van der Waals surface area contributed by atoms with E-state index in [-0.39, 0.29) is 11.6 Å². The number of halogens is 1. The second kappa shape index (κ2) is 6.77. The van der Waals surface area contributed by atoms with E-state index >= 15 is 0 Å². The minimum atomic E-state index is 0.0206. The van der Waals surface area contributed by atoms with E-state index in [9.17, 15) is 0 Å². The number of hydrogen-bond donors (Lipinski definition) is 2. The molecular formula is C15H28BrN5. The maximum atomic E-state index is 5.90. The highest BCUT2D eigenvalue weighted by Crippen LogP contribution is 2.28. The van der Waals surface area contributed by atoms with Crippen LogP contribution in [0.15, 0.2) is 4.47 Å². The van der Waals surface area contributed by atoms with Crippen molar-refractivity contribution in [3.8, 4) is 0 Å². The first-order valence-corrected chi connectivity index (χ1v) is 8.56. The Balaban J connectivity index is 2.18. The zero-order valence-corrected chi connectivity index (χ0v) is 15.2. The average molecular weight is 358 g/mol. The van der Waals surface area contributed by atoms with Crippen molar-refractivity contribution >= 4 is 15.9 Å². The van der Waals surface area contributed by atoms with Gasteiger partial charge in [0.2, 0.25) is 0 Å². The summed E-state index contributed by atoms with van der Waals surface area (Å²) in [7, 11) is 1.99. The van der Waals surface area contributed by atoms with Gasteiger partial charge in [-0.2, -0.15) is 5.10 Å². The molecule has 2 heterocycles. The fourth-order valence-corrected chi connectivity index (χ4v) is 3.80. The molecule has 1 aromatic heterocycles. The van der Waals surface area contributed by atoms with Crippen LogP contribution in [0.1, 0.15) is 44.5 Å². The average Bonchev–Trinajstić information content (AvgIpc) is 2.71. The molecule has 6 heteroatoms. The Hall–Kier alpha value is -0.430. The number of hydrogen-bond acceptors (Lipinski definition) is 4. The van der Waals surface area contributed by atoms with Crippen molar-refractivity contribution in [2.24, 2.45) is 12.9 Å². The molecule has 1 aromatic rings. The smallest absolute Gasteiger partial charge is 0.0738 e. The molecule has 5 nitrogen and oxygen atoms in total. The van der Waals surface area contributed by atoms with Crippen LogP contribution >= 0.6 is 15.9 Å². The van der Waals surface area contributed by atoms with Crippen molar-refractivity contribution in [1.29, 1.82) is 0 Å². The number of nitrogens with one attached hydrogen (secondary N) is 1. The third-order valence-corrected chi connectivity index (χ3v) is 5.92. The Labute approximate surface area is 136 Å². The van der Waals surface area contributed by atoms with Gasteiger partial charge in [0, 0.05) is 25.0 Å². The van der Waals surface area contributed by atoms with Crippen LogP contribution in [-0.2, 0) is 13.5 Å². The van der Waals surface area contributed by atoms with Crippen LogP contribution in [0.25, 0.3) is 0 Å². The molecule has 1 fully saturated rings. The fraction of sp³-hybridized carbons (Fsp3) is 0.800. The van der Waals surface area contributed by atoms with Gasteiger partial charge in [0.05, 0.1) is 15.9 Å². The van der Waals surface area contributed by atoms with Crippen LogP contribution in [0.5, 0.6) is 0 Å². The second-order valence-corrected chi connectivity index (χ2v) is 7.39. The molecule has 1 aliphatic heterocycles. The first-order chi connectivity index (χ1) is 9.87. The molecule has 0 bridgehead atoms. The van der Waals surface area contributed by atoms with Crippen LogP contribution in [0.4, 0.5) is 0 Å². The Bertz CT molecular complexity index is 477. The molecule has 21 heavy (non-hydrogen) atoms. The minimum Gasteiger partial charge on any atom is -0.297 e. The fourth-order valence-electron chi connectivity index (χ4n) is 3.30. The van der Waals surface area contributed by atoms with Gasteiger partial charge in [0.25, 0.3) is 0 Å². The van der Waals surface area contributed by atoms with Crippen molar-refractivity contribution < 1.29 is 0 Å². The van der Waals surface area contributed by atoms with Gasteiger partial charge in [0.1, 0.15) is 0 Å². The summed E-state index contributed by atoms with van der Waals surface area (Å²) < 4.78 is 3.05. The lowest BCUT2D eigenvalue weighted by Crippen LogP contribution is -2.61. The van der Waals surface area contributed by atoms with Crippen molar-refractivity contribution in [2.45, 2.75) is 58.0 Å². The maximum absolute atomic E-state index is 5.90. The summed E-state index contributed by atoms with van der Waals surface area (Å²) >= 11 is 3.66. The summed E-state index contributed by atoms with van der Waals surface area (Å²) in [5.41, 5.74) is 5.29. The van der Waals surface area contributed by atoms with Crippen molar-refractivity contribution in [2.75, 3.05) is 13.1 Å². The van der Waals surface area contributed by atoms with Gasteiger partial charge in [-0.25, -0.2) is 0 Å². The number of nitrogens with two attached hydrogens (primary N) is 1. The Morgan fingerprint density at radius 3 is 2.43 bits per heavy atom. The molecule has 0 aliphatic carbocycles. The van der Waals surface area contributed by atoms with E-state index in [0.29, 0.717) is 0 Å². The predicted octanol–water partition coefficient (Wildman–Crippen LogP) is 2.13. The largest absolute Gasteiger partial charge is 0.297 e. The van der Waals surface area contributed by atoms with E-state index < -0.39 is 0 Å². The third-order valence-electron chi connectivity index (χ3n) is 4.88. The van der Waals surface area contributed by atoms with Crippen LogP contribution in [0.3, 0.4) is 0 Å². The quantitative estimate of drug-likeness (QED) is 0.625. The third kappa shape index (κ3) is 3.50. The van der Waals surface area contributed by atoms with E-state index in [2.05, 4.69) is 45.2 Å². The number of aromatic nitrogens is 2. The van der Waals surface area contributed by atoms with Crippen molar-refractivity contribution in [1.82, 2.24) is 20.1 Å².